The van der Waals surface area contributed by atoms with Crippen LogP contribution < -0.4 is 15.2 Å². The molecule has 210 valence electrons. The van der Waals surface area contributed by atoms with Crippen molar-refractivity contribution in [1.29, 1.82) is 0 Å². The number of rotatable bonds is 13. The Kier molecular flexibility index (Phi) is 10.4. The zero-order chi connectivity index (χ0) is 27.1. The predicted molar refractivity (Wildman–Crippen MR) is 145 cm³/mol. The molecule has 1 aliphatic heterocycles. The fourth-order valence-electron chi connectivity index (χ4n) is 5.19. The molecule has 0 bridgehead atoms. The van der Waals surface area contributed by atoms with Crippen molar-refractivity contribution in [3.63, 3.8) is 0 Å². The molecule has 1 saturated heterocycles. The molecule has 0 spiro atoms. The van der Waals surface area contributed by atoms with E-state index in [1.165, 1.54) is 24.1 Å². The molecule has 38 heavy (non-hydrogen) atoms. The summed E-state index contributed by atoms with van der Waals surface area (Å²) in [5, 5.41) is 0.620. The average Bonchev–Trinajstić information content (AvgIpc) is 3.25. The fourth-order valence-corrected chi connectivity index (χ4v) is 6.49. The van der Waals surface area contributed by atoms with Crippen LogP contribution in [0.15, 0.2) is 35.2 Å². The van der Waals surface area contributed by atoms with Gasteiger partial charge in [0.15, 0.2) is 11.6 Å². The van der Waals surface area contributed by atoms with E-state index in [2.05, 4.69) is 9.62 Å². The fraction of sp³-hybridized carbons (Fsp3) is 0.556. The Labute approximate surface area is 229 Å². The molecule has 0 aromatic heterocycles. The molecular formula is C27H37ClFN3O5S. The van der Waals surface area contributed by atoms with Crippen LogP contribution in [0, 0.1) is 12.7 Å². The number of benzene rings is 2. The zero-order valence-corrected chi connectivity index (χ0v) is 23.3. The summed E-state index contributed by atoms with van der Waals surface area (Å²) >= 11 is 6.39. The molecule has 2 atom stereocenters. The lowest BCUT2D eigenvalue weighted by Gasteiger charge is -2.35. The van der Waals surface area contributed by atoms with Gasteiger partial charge in [0.2, 0.25) is 10.0 Å². The molecule has 2 aliphatic rings. The standard InChI is InChI=1S/C27H37ClFN3O5S/c1-19-15-20(28)16-23-22(19)18-25(32-9-3-2-4-10-32)27(23)37-26-6-5-21(17-24(26)29)38(33,34)31-8-12-36-14-13-35-11-7-30/h5-6,15-17,25,27,31H,2-4,7-14,18,30H2,1H3/t25-,27-/m0/s1. The summed E-state index contributed by atoms with van der Waals surface area (Å²) in [6, 6.07) is 7.66. The first kappa shape index (κ1) is 29.2. The van der Waals surface area contributed by atoms with Gasteiger partial charge in [-0.2, -0.15) is 0 Å². The van der Waals surface area contributed by atoms with E-state index in [1.807, 2.05) is 19.1 Å². The van der Waals surface area contributed by atoms with Crippen molar-refractivity contribution in [2.45, 2.75) is 49.6 Å². The van der Waals surface area contributed by atoms with Crippen LogP contribution >= 0.6 is 11.6 Å². The lowest BCUT2D eigenvalue weighted by Crippen LogP contribution is -2.43. The van der Waals surface area contributed by atoms with E-state index in [0.29, 0.717) is 31.4 Å². The summed E-state index contributed by atoms with van der Waals surface area (Å²) in [4.78, 5) is 2.25. The van der Waals surface area contributed by atoms with Crippen molar-refractivity contribution in [3.8, 4) is 5.75 Å². The molecule has 0 amide bonds. The monoisotopic (exact) mass is 569 g/mol. The second kappa shape index (κ2) is 13.5. The number of sulfonamides is 1. The molecule has 11 heteroatoms. The van der Waals surface area contributed by atoms with Gasteiger partial charge in [0, 0.05) is 18.1 Å². The van der Waals surface area contributed by atoms with E-state index in [4.69, 9.17) is 31.5 Å². The number of nitrogens with zero attached hydrogens (tertiary/aromatic N) is 1. The molecule has 2 aromatic carbocycles. The Balaban J connectivity index is 1.43. The first-order valence-electron chi connectivity index (χ1n) is 13.1. The van der Waals surface area contributed by atoms with Crippen molar-refractivity contribution in [2.75, 3.05) is 52.6 Å². The van der Waals surface area contributed by atoms with E-state index < -0.39 is 21.9 Å². The van der Waals surface area contributed by atoms with Crippen molar-refractivity contribution < 1.29 is 27.0 Å². The van der Waals surface area contributed by atoms with E-state index >= 15 is 4.39 Å². The highest BCUT2D eigenvalue weighted by molar-refractivity contribution is 7.89. The van der Waals surface area contributed by atoms with E-state index in [1.54, 1.807) is 0 Å². The van der Waals surface area contributed by atoms with Gasteiger partial charge in [0.1, 0.15) is 6.10 Å². The van der Waals surface area contributed by atoms with Gasteiger partial charge in [0.25, 0.3) is 0 Å². The third kappa shape index (κ3) is 7.24. The number of hydrogen-bond acceptors (Lipinski definition) is 7. The van der Waals surface area contributed by atoms with E-state index in [0.717, 1.165) is 49.5 Å². The quantitative estimate of drug-likeness (QED) is 0.355. The Bertz CT molecular complexity index is 1190. The Morgan fingerprint density at radius 1 is 1.08 bits per heavy atom. The van der Waals surface area contributed by atoms with Gasteiger partial charge in [-0.1, -0.05) is 18.0 Å². The molecule has 8 nitrogen and oxygen atoms in total. The number of nitrogens with two attached hydrogens (primary N) is 1. The second-order valence-corrected chi connectivity index (χ2v) is 11.9. The highest BCUT2D eigenvalue weighted by Crippen LogP contribution is 2.42. The van der Waals surface area contributed by atoms with Gasteiger partial charge < -0.3 is 19.9 Å². The van der Waals surface area contributed by atoms with Crippen molar-refractivity contribution >= 4 is 21.6 Å². The molecule has 4 rings (SSSR count). The number of piperidine rings is 1. The highest BCUT2D eigenvalue weighted by Gasteiger charge is 2.40. The summed E-state index contributed by atoms with van der Waals surface area (Å²) in [6.07, 6.45) is 3.87. The van der Waals surface area contributed by atoms with E-state index in [9.17, 15) is 8.42 Å². The van der Waals surface area contributed by atoms with Crippen molar-refractivity contribution in [1.82, 2.24) is 9.62 Å². The van der Waals surface area contributed by atoms with Crippen LogP contribution in [0.1, 0.15) is 42.1 Å². The van der Waals surface area contributed by atoms with Gasteiger partial charge in [-0.25, -0.2) is 17.5 Å². The normalized spacial score (nSPS) is 20.0. The van der Waals surface area contributed by atoms with Crippen LogP contribution in [-0.2, 0) is 25.9 Å². The minimum absolute atomic E-state index is 0.0160. The molecular weight excluding hydrogens is 533 g/mol. The maximum absolute atomic E-state index is 15.2. The molecule has 1 heterocycles. The summed E-state index contributed by atoms with van der Waals surface area (Å²) in [5.74, 6) is -0.715. The van der Waals surface area contributed by atoms with Crippen LogP contribution in [0.5, 0.6) is 5.75 Å². The summed E-state index contributed by atoms with van der Waals surface area (Å²) in [5.41, 5.74) is 8.59. The van der Waals surface area contributed by atoms with Crippen LogP contribution in [0.25, 0.3) is 0 Å². The number of halogens is 2. The number of ether oxygens (including phenoxy) is 3. The van der Waals surface area contributed by atoms with Gasteiger partial charge in [-0.3, -0.25) is 4.90 Å². The molecule has 0 radical (unpaired) electrons. The van der Waals surface area contributed by atoms with Gasteiger partial charge in [-0.05, 0) is 86.3 Å². The Morgan fingerprint density at radius 3 is 2.53 bits per heavy atom. The van der Waals surface area contributed by atoms with Crippen molar-refractivity contribution in [2.24, 2.45) is 5.73 Å². The molecule has 3 N–H and O–H groups in total. The smallest absolute Gasteiger partial charge is 0.240 e. The third-order valence-corrected chi connectivity index (χ3v) is 8.72. The summed E-state index contributed by atoms with van der Waals surface area (Å²) < 4.78 is 59.8. The Morgan fingerprint density at radius 2 is 1.82 bits per heavy atom. The lowest BCUT2D eigenvalue weighted by molar-refractivity contribution is 0.0530. The largest absolute Gasteiger partial charge is 0.481 e. The van der Waals surface area contributed by atoms with Crippen LogP contribution in [0.3, 0.4) is 0 Å². The predicted octanol–water partition coefficient (Wildman–Crippen LogP) is 3.59. The Hall–Kier alpha value is -1.79. The number of nitrogens with one attached hydrogen (secondary N) is 1. The molecule has 1 fully saturated rings. The number of fused-ring (bicyclic) bond motifs is 1. The van der Waals surface area contributed by atoms with Crippen LogP contribution in [-0.4, -0.2) is 72.0 Å². The topological polar surface area (TPSA) is 103 Å². The average molecular weight is 570 g/mol. The van der Waals surface area contributed by atoms with Crippen LogP contribution in [0.4, 0.5) is 4.39 Å². The summed E-state index contributed by atoms with van der Waals surface area (Å²) in [7, 11) is -3.91. The van der Waals surface area contributed by atoms with Crippen molar-refractivity contribution in [3.05, 3.63) is 57.9 Å². The SMILES string of the molecule is Cc1cc(Cl)cc2c1C[C@H](N1CCCCC1)[C@H]2Oc1ccc(S(=O)(=O)NCCOCCOCCN)cc1F. The second-order valence-electron chi connectivity index (χ2n) is 9.70. The molecule has 0 saturated carbocycles. The zero-order valence-electron chi connectivity index (χ0n) is 21.8. The highest BCUT2D eigenvalue weighted by atomic mass is 35.5. The molecule has 1 aliphatic carbocycles. The first-order valence-corrected chi connectivity index (χ1v) is 15.0. The number of hydrogen-bond donors (Lipinski definition) is 2. The molecule has 2 aromatic rings. The maximum Gasteiger partial charge on any atom is 0.240 e. The lowest BCUT2D eigenvalue weighted by atomic mass is 10.0. The minimum Gasteiger partial charge on any atom is -0.481 e. The number of aryl methyl sites for hydroxylation is 1. The van der Waals surface area contributed by atoms with E-state index in [-0.39, 0.29) is 29.8 Å². The van der Waals surface area contributed by atoms with Gasteiger partial charge in [0.05, 0.1) is 37.4 Å². The minimum atomic E-state index is -3.91. The molecule has 0 unspecified atom stereocenters. The summed E-state index contributed by atoms with van der Waals surface area (Å²) in [6.45, 7) is 5.78. The first-order chi connectivity index (χ1) is 18.3. The number of likely N-dealkylation sites (tertiary alicyclic amines) is 1. The third-order valence-electron chi connectivity index (χ3n) is 7.04. The van der Waals surface area contributed by atoms with Gasteiger partial charge >= 0.3 is 0 Å². The maximum atomic E-state index is 15.2. The van der Waals surface area contributed by atoms with Crippen LogP contribution in [0.2, 0.25) is 5.02 Å². The van der Waals surface area contributed by atoms with Gasteiger partial charge in [-0.15, -0.1) is 0 Å².